The van der Waals surface area contributed by atoms with Crippen molar-refractivity contribution in [2.45, 2.75) is 50.4 Å². The molecule has 0 saturated heterocycles. The number of halogens is 6. The van der Waals surface area contributed by atoms with E-state index in [0.717, 1.165) is 0 Å². The third kappa shape index (κ3) is 7.53. The van der Waals surface area contributed by atoms with Crippen molar-refractivity contribution in [1.29, 1.82) is 0 Å². The molecule has 0 bridgehead atoms. The number of amides is 2. The van der Waals surface area contributed by atoms with Gasteiger partial charge in [-0.15, -0.1) is 0 Å². The van der Waals surface area contributed by atoms with Crippen LogP contribution in [0.4, 0.5) is 38.5 Å². The summed E-state index contributed by atoms with van der Waals surface area (Å²) in [6.45, 7) is -0.832. The Morgan fingerprint density at radius 3 is 2.33 bits per heavy atom. The quantitative estimate of drug-likeness (QED) is 0.197. The van der Waals surface area contributed by atoms with Gasteiger partial charge in [0.15, 0.2) is 0 Å². The van der Waals surface area contributed by atoms with Gasteiger partial charge in [-0.3, -0.25) is 10.00 Å². The molecule has 4 aromatic rings. The minimum atomic E-state index is -4.74. The average molecular weight is 653 g/mol. The molecule has 1 fully saturated rings. The van der Waals surface area contributed by atoms with Crippen LogP contribution >= 0.6 is 11.6 Å². The maximum absolute atomic E-state index is 13.6. The summed E-state index contributed by atoms with van der Waals surface area (Å²) in [7, 11) is 1.44. The van der Waals surface area contributed by atoms with Gasteiger partial charge in [0.05, 0.1) is 18.7 Å². The Hall–Kier alpha value is -4.67. The molecule has 4 aromatic heterocycles. The third-order valence-corrected chi connectivity index (χ3v) is 7.36. The number of hydrogen-bond donors (Lipinski definition) is 3. The highest BCUT2D eigenvalue weighted by atomic mass is 35.5. The average Bonchev–Trinajstić information content (AvgIpc) is 3.46. The highest BCUT2D eigenvalue weighted by Crippen LogP contribution is 2.38. The molecule has 0 atom stereocenters. The van der Waals surface area contributed by atoms with Crippen LogP contribution in [-0.4, -0.2) is 73.3 Å². The number of nitrogens with zero attached hydrogens (tertiary/aromatic N) is 7. The molecule has 18 heteroatoms. The molecule has 0 spiro atoms. The summed E-state index contributed by atoms with van der Waals surface area (Å²) in [4.78, 5) is 34.9. The molecule has 3 N–H and O–H groups in total. The predicted octanol–water partition coefficient (Wildman–Crippen LogP) is 5.60. The molecule has 4 heterocycles. The van der Waals surface area contributed by atoms with Gasteiger partial charge in [-0.2, -0.15) is 18.3 Å². The summed E-state index contributed by atoms with van der Waals surface area (Å²) in [5.74, 6) is 0.203. The lowest BCUT2D eigenvalue weighted by molar-refractivity contribution is -0.137. The first-order valence-electron chi connectivity index (χ1n) is 13.6. The van der Waals surface area contributed by atoms with Crippen LogP contribution in [0.2, 0.25) is 5.02 Å². The summed E-state index contributed by atoms with van der Waals surface area (Å²) >= 11 is 6.02. The van der Waals surface area contributed by atoms with E-state index >= 15 is 0 Å². The fraction of sp³-hybridized carbons (Fsp3) is 0.370. The molecule has 0 aromatic carbocycles. The van der Waals surface area contributed by atoms with Gasteiger partial charge in [0.2, 0.25) is 5.95 Å². The number of methoxy groups -OCH3 is 1. The molecule has 0 unspecified atom stereocenters. The molecule has 238 valence electrons. The first-order valence-corrected chi connectivity index (χ1v) is 14.0. The lowest BCUT2D eigenvalue weighted by atomic mass is 9.90. The number of hydrogen-bond acceptors (Lipinski definition) is 9. The summed E-state index contributed by atoms with van der Waals surface area (Å²) < 4.78 is 71.7. The number of H-pyrrole nitrogens is 1. The molecule has 1 aliphatic carbocycles. The van der Waals surface area contributed by atoms with Crippen LogP contribution < -0.4 is 20.3 Å². The molecule has 0 radical (unpaired) electrons. The van der Waals surface area contributed by atoms with Gasteiger partial charge in [-0.25, -0.2) is 38.5 Å². The first kappa shape index (κ1) is 31.7. The number of aromatic nitrogens is 7. The van der Waals surface area contributed by atoms with Crippen molar-refractivity contribution in [2.75, 3.05) is 23.9 Å². The van der Waals surface area contributed by atoms with Gasteiger partial charge in [-0.05, 0) is 37.8 Å². The van der Waals surface area contributed by atoms with Gasteiger partial charge in [-0.1, -0.05) is 11.6 Å². The summed E-state index contributed by atoms with van der Waals surface area (Å²) in [5, 5.41) is 11.5. The third-order valence-electron chi connectivity index (χ3n) is 7.07. The number of pyridine rings is 1. The van der Waals surface area contributed by atoms with Crippen LogP contribution in [0, 0.1) is 0 Å². The van der Waals surface area contributed by atoms with Crippen LogP contribution in [0.1, 0.15) is 31.2 Å². The SMILES string of the molecule is COc1ncc(-c2ccc(N(C(=O)NCC(F)F)[C@H]3CC[C@H](Nc4ncc(C(F)(F)F)c(-c5n[nH]cc5Cl)n4)CC3)nc2)cn1. The molecular weight excluding hydrogens is 627 g/mol. The highest BCUT2D eigenvalue weighted by Gasteiger charge is 2.37. The normalized spacial score (nSPS) is 16.8. The Balaban J connectivity index is 1.31. The minimum Gasteiger partial charge on any atom is -0.467 e. The maximum Gasteiger partial charge on any atom is 0.420 e. The number of anilines is 2. The van der Waals surface area contributed by atoms with Crippen molar-refractivity contribution < 1.29 is 31.5 Å². The zero-order valence-electron chi connectivity index (χ0n) is 23.5. The predicted molar refractivity (Wildman–Crippen MR) is 153 cm³/mol. The zero-order chi connectivity index (χ0) is 32.1. The van der Waals surface area contributed by atoms with Crippen LogP contribution in [-0.2, 0) is 6.18 Å². The van der Waals surface area contributed by atoms with Crippen molar-refractivity contribution in [3.8, 4) is 28.5 Å². The van der Waals surface area contributed by atoms with E-state index in [1.54, 1.807) is 24.5 Å². The van der Waals surface area contributed by atoms with Gasteiger partial charge < -0.3 is 15.4 Å². The smallest absolute Gasteiger partial charge is 0.420 e. The van der Waals surface area contributed by atoms with Crippen molar-refractivity contribution in [2.24, 2.45) is 0 Å². The highest BCUT2D eigenvalue weighted by molar-refractivity contribution is 6.32. The second-order valence-corrected chi connectivity index (χ2v) is 10.4. The zero-order valence-corrected chi connectivity index (χ0v) is 24.3. The van der Waals surface area contributed by atoms with Crippen molar-refractivity contribution in [1.82, 2.24) is 40.4 Å². The Labute approximate surface area is 257 Å². The van der Waals surface area contributed by atoms with Crippen LogP contribution in [0.15, 0.2) is 43.1 Å². The summed E-state index contributed by atoms with van der Waals surface area (Å²) in [6, 6.07) is 2.12. The number of nitrogens with one attached hydrogen (secondary N) is 3. The van der Waals surface area contributed by atoms with E-state index in [1.165, 1.54) is 24.4 Å². The number of urea groups is 1. The maximum atomic E-state index is 13.6. The van der Waals surface area contributed by atoms with Crippen LogP contribution in [0.3, 0.4) is 0 Å². The topological polar surface area (TPSA) is 147 Å². The van der Waals surface area contributed by atoms with Gasteiger partial charge in [0, 0.05) is 54.2 Å². The van der Waals surface area contributed by atoms with E-state index in [2.05, 4.69) is 45.8 Å². The molecule has 1 saturated carbocycles. The lowest BCUT2D eigenvalue weighted by Crippen LogP contribution is -2.50. The van der Waals surface area contributed by atoms with Crippen LogP contribution in [0.25, 0.3) is 22.5 Å². The fourth-order valence-electron chi connectivity index (χ4n) is 4.92. The van der Waals surface area contributed by atoms with Gasteiger partial charge in [0.25, 0.3) is 6.43 Å². The Morgan fingerprint density at radius 1 is 1.04 bits per heavy atom. The Bertz CT molecular complexity index is 1600. The van der Waals surface area contributed by atoms with Gasteiger partial charge in [0.1, 0.15) is 22.8 Å². The van der Waals surface area contributed by atoms with E-state index in [9.17, 15) is 26.7 Å². The Morgan fingerprint density at radius 2 is 1.76 bits per heavy atom. The number of carbonyl (C=O) groups excluding carboxylic acids is 1. The monoisotopic (exact) mass is 652 g/mol. The van der Waals surface area contributed by atoms with Crippen molar-refractivity contribution in [3.05, 3.63) is 53.7 Å². The molecule has 1 aliphatic rings. The second kappa shape index (κ2) is 13.5. The summed E-state index contributed by atoms with van der Waals surface area (Å²) in [6.07, 6.45) is 0.835. The number of aromatic amines is 1. The van der Waals surface area contributed by atoms with Crippen LogP contribution in [0.5, 0.6) is 6.01 Å². The molecule has 0 aliphatic heterocycles. The number of carbonyl (C=O) groups is 1. The number of ether oxygens (including phenoxy) is 1. The molecule has 5 rings (SSSR count). The Kier molecular flexibility index (Phi) is 9.55. The largest absolute Gasteiger partial charge is 0.467 e. The number of rotatable bonds is 9. The van der Waals surface area contributed by atoms with Crippen molar-refractivity contribution >= 4 is 29.4 Å². The van der Waals surface area contributed by atoms with E-state index in [4.69, 9.17) is 16.3 Å². The number of alkyl halides is 5. The van der Waals surface area contributed by atoms with Gasteiger partial charge >= 0.3 is 18.2 Å². The standard InChI is InChI=1S/C27H26ClF5N10O2/c1-45-25-36-9-15(10-37-25)14-2-7-21(34-8-14)43(26(44)38-13-20(29)30)17-5-3-16(4-6-17)40-24-35-11-18(27(31,32)33)22(41-24)23-19(28)12-39-42-23/h2,7-12,16-17,20H,3-6,13H2,1H3,(H,38,44)(H,39,42)(H,35,40,41)/t16-,17-. The molecule has 45 heavy (non-hydrogen) atoms. The van der Waals surface area contributed by atoms with E-state index in [1.807, 2.05) is 0 Å². The minimum absolute atomic E-state index is 0.0326. The molecule has 2 amide bonds. The first-order chi connectivity index (χ1) is 21.5. The molecule has 12 nitrogen and oxygen atoms in total. The second-order valence-electron chi connectivity index (χ2n) is 10.00. The van der Waals surface area contributed by atoms with E-state index < -0.39 is 42.5 Å². The van der Waals surface area contributed by atoms with Crippen molar-refractivity contribution in [3.63, 3.8) is 0 Å². The molecular formula is C27H26ClF5N10O2. The fourth-order valence-corrected chi connectivity index (χ4v) is 5.10. The van der Waals surface area contributed by atoms with E-state index in [-0.39, 0.29) is 34.5 Å². The lowest BCUT2D eigenvalue weighted by Gasteiger charge is -2.36. The van der Waals surface area contributed by atoms with E-state index in [0.29, 0.717) is 43.0 Å². The summed E-state index contributed by atoms with van der Waals surface area (Å²) in [5.41, 5.74) is -0.416.